The molecule has 2 heterocycles. The third-order valence-corrected chi connectivity index (χ3v) is 8.36. The molecule has 12 nitrogen and oxygen atoms in total. The number of hydrogen-bond acceptors (Lipinski definition) is 7. The van der Waals surface area contributed by atoms with Crippen LogP contribution >= 0.6 is 0 Å². The van der Waals surface area contributed by atoms with Crippen molar-refractivity contribution < 1.29 is 42.2 Å². The second-order valence-corrected chi connectivity index (χ2v) is 12.0. The fraction of sp³-hybridized carbons (Fsp3) is 0.343. The number of benzene rings is 3. The number of hydrogen-bond donors (Lipinski definition) is 5. The summed E-state index contributed by atoms with van der Waals surface area (Å²) in [5, 5.41) is 13.3. The third kappa shape index (κ3) is 8.50. The van der Waals surface area contributed by atoms with E-state index in [9.17, 15) is 32.8 Å². The molecule has 1 fully saturated rings. The van der Waals surface area contributed by atoms with Crippen molar-refractivity contribution in [1.82, 2.24) is 26.6 Å². The monoisotopic (exact) mass is 677 g/mol. The number of carbonyl (C=O) groups excluding carboxylic acids is 5. The van der Waals surface area contributed by atoms with Crippen LogP contribution in [0, 0.1) is 11.6 Å². The Balaban J connectivity index is 1.42. The molecule has 6 rings (SSSR count). The molecule has 3 aromatic carbocycles. The van der Waals surface area contributed by atoms with E-state index in [1.165, 1.54) is 14.0 Å². The summed E-state index contributed by atoms with van der Waals surface area (Å²) in [7, 11) is 1.18. The van der Waals surface area contributed by atoms with Crippen LogP contribution in [0.4, 0.5) is 8.78 Å². The molecule has 1 aliphatic carbocycles. The predicted molar refractivity (Wildman–Crippen MR) is 173 cm³/mol. The van der Waals surface area contributed by atoms with E-state index in [1.54, 1.807) is 48.5 Å². The van der Waals surface area contributed by atoms with E-state index in [1.807, 2.05) is 6.07 Å². The highest BCUT2D eigenvalue weighted by molar-refractivity contribution is 6.01. The van der Waals surface area contributed by atoms with Crippen LogP contribution in [0.2, 0.25) is 0 Å². The van der Waals surface area contributed by atoms with Gasteiger partial charge in [0.1, 0.15) is 47.3 Å². The van der Waals surface area contributed by atoms with E-state index in [-0.39, 0.29) is 37.6 Å². The van der Waals surface area contributed by atoms with Gasteiger partial charge in [-0.15, -0.1) is 0 Å². The molecule has 1 saturated carbocycles. The van der Waals surface area contributed by atoms with E-state index >= 15 is 0 Å². The van der Waals surface area contributed by atoms with Gasteiger partial charge in [-0.1, -0.05) is 42.5 Å². The smallest absolute Gasteiger partial charge is 0.258 e. The van der Waals surface area contributed by atoms with Crippen LogP contribution in [-0.4, -0.2) is 73.5 Å². The Kier molecular flexibility index (Phi) is 10.7. The number of carbonyl (C=O) groups is 5. The van der Waals surface area contributed by atoms with Crippen molar-refractivity contribution in [2.24, 2.45) is 0 Å². The largest absolute Gasteiger partial charge is 0.496 e. The molecule has 5 amide bonds. The van der Waals surface area contributed by atoms with Crippen molar-refractivity contribution in [3.8, 4) is 11.5 Å². The average molecular weight is 678 g/mol. The molecule has 14 heteroatoms. The Hall–Kier alpha value is -5.53. The van der Waals surface area contributed by atoms with Crippen LogP contribution in [0.1, 0.15) is 41.3 Å². The Morgan fingerprint density at radius 2 is 1.65 bits per heavy atom. The van der Waals surface area contributed by atoms with E-state index in [2.05, 4.69) is 26.6 Å². The minimum absolute atomic E-state index is 0.0972. The first kappa shape index (κ1) is 34.8. The maximum absolute atomic E-state index is 14.8. The van der Waals surface area contributed by atoms with Gasteiger partial charge in [-0.3, -0.25) is 24.0 Å². The van der Waals surface area contributed by atoms with Crippen molar-refractivity contribution in [2.45, 2.75) is 56.3 Å². The molecule has 0 saturated heterocycles. The van der Waals surface area contributed by atoms with Gasteiger partial charge in [0.25, 0.3) is 5.91 Å². The highest BCUT2D eigenvalue weighted by atomic mass is 19.2. The molecule has 3 atom stereocenters. The maximum Gasteiger partial charge on any atom is 0.258 e. The highest BCUT2D eigenvalue weighted by Gasteiger charge is 2.51. The van der Waals surface area contributed by atoms with Crippen molar-refractivity contribution in [1.29, 1.82) is 0 Å². The lowest BCUT2D eigenvalue weighted by atomic mass is 10.0. The molecule has 3 aliphatic rings. The second-order valence-electron chi connectivity index (χ2n) is 12.0. The number of amides is 5. The first-order valence-electron chi connectivity index (χ1n) is 15.8. The van der Waals surface area contributed by atoms with Crippen molar-refractivity contribution in [3.63, 3.8) is 0 Å². The van der Waals surface area contributed by atoms with Gasteiger partial charge in [0.05, 0.1) is 13.7 Å². The predicted octanol–water partition coefficient (Wildman–Crippen LogP) is 1.70. The molecule has 258 valence electrons. The summed E-state index contributed by atoms with van der Waals surface area (Å²) in [5.41, 5.74) is -0.538. The van der Waals surface area contributed by atoms with Crippen LogP contribution in [-0.2, 0) is 32.0 Å². The lowest BCUT2D eigenvalue weighted by molar-refractivity contribution is -0.134. The Labute approximate surface area is 281 Å². The lowest BCUT2D eigenvalue weighted by Gasteiger charge is -2.26. The van der Waals surface area contributed by atoms with Gasteiger partial charge in [-0.2, -0.15) is 0 Å². The van der Waals surface area contributed by atoms with Crippen LogP contribution in [0.25, 0.3) is 0 Å². The number of methoxy groups -OCH3 is 1. The fourth-order valence-corrected chi connectivity index (χ4v) is 5.41. The first-order valence-corrected chi connectivity index (χ1v) is 15.8. The number of halogens is 2. The summed E-state index contributed by atoms with van der Waals surface area (Å²) >= 11 is 0. The molecule has 2 aliphatic heterocycles. The van der Waals surface area contributed by atoms with E-state index in [0.717, 1.165) is 17.7 Å². The molecule has 0 aromatic heterocycles. The van der Waals surface area contributed by atoms with Gasteiger partial charge in [0.2, 0.25) is 23.6 Å². The Morgan fingerprint density at radius 3 is 2.33 bits per heavy atom. The van der Waals surface area contributed by atoms with Crippen molar-refractivity contribution in [3.05, 3.63) is 95.1 Å². The number of fused-ring (bicyclic) bond motifs is 15. The Bertz CT molecular complexity index is 1720. The lowest BCUT2D eigenvalue weighted by Crippen LogP contribution is -2.59. The molecular weight excluding hydrogens is 640 g/mol. The molecular formula is C35H37F2N5O7. The van der Waals surface area contributed by atoms with Gasteiger partial charge in [0.15, 0.2) is 11.6 Å². The summed E-state index contributed by atoms with van der Waals surface area (Å²) in [6.45, 7) is 1.68. The normalized spacial score (nSPS) is 21.3. The van der Waals surface area contributed by atoms with Gasteiger partial charge in [-0.05, 0) is 55.2 Å². The highest BCUT2D eigenvalue weighted by Crippen LogP contribution is 2.35. The van der Waals surface area contributed by atoms with E-state index < -0.39 is 64.5 Å². The summed E-state index contributed by atoms with van der Waals surface area (Å²) in [6, 6.07) is 13.8. The molecule has 0 radical (unpaired) electrons. The Morgan fingerprint density at radius 1 is 0.939 bits per heavy atom. The minimum atomic E-state index is -1.45. The molecule has 3 aromatic rings. The van der Waals surface area contributed by atoms with Gasteiger partial charge in [-0.25, -0.2) is 8.78 Å². The number of rotatable bonds is 5. The van der Waals surface area contributed by atoms with Crippen LogP contribution in [0.5, 0.6) is 11.5 Å². The van der Waals surface area contributed by atoms with Crippen LogP contribution < -0.4 is 36.1 Å². The minimum Gasteiger partial charge on any atom is -0.496 e. The fourth-order valence-electron chi connectivity index (χ4n) is 5.41. The second kappa shape index (κ2) is 15.1. The molecule has 1 spiro atoms. The van der Waals surface area contributed by atoms with Crippen molar-refractivity contribution in [2.75, 3.05) is 20.3 Å². The summed E-state index contributed by atoms with van der Waals surface area (Å²) in [6.07, 6.45) is 0.830. The summed E-state index contributed by atoms with van der Waals surface area (Å²) in [5.74, 6) is -6.09. The number of nitrogens with one attached hydrogen (secondary N) is 5. The molecule has 0 unspecified atom stereocenters. The van der Waals surface area contributed by atoms with E-state index in [4.69, 9.17) is 9.47 Å². The quantitative estimate of drug-likeness (QED) is 0.257. The zero-order chi connectivity index (χ0) is 35.1. The standard InChI is InChI=1S/C35H37F2N5O7/c1-20-30(43)40-26(18-21-6-4-3-5-7-21)32(45)42-35(14-15-35)34(47)38-16-17-49-23-10-8-22(9-11-23)19-25(31(44)39-20)41-33(46)28-27(48-2)13-12-24(36)29(28)37/h3-13,20,25-26H,14-19H2,1-2H3,(H,38,47)(H,39,44)(H,40,43)(H,41,46)(H,42,45)/t20-,25-,26+/m0/s1. The van der Waals surface area contributed by atoms with Gasteiger partial charge >= 0.3 is 0 Å². The number of ether oxygens (including phenoxy) is 2. The third-order valence-electron chi connectivity index (χ3n) is 8.36. The summed E-state index contributed by atoms with van der Waals surface area (Å²) < 4.78 is 39.7. The molecule has 5 N–H and O–H groups in total. The van der Waals surface area contributed by atoms with Crippen LogP contribution in [0.15, 0.2) is 66.7 Å². The SMILES string of the molecule is COc1ccc(F)c(F)c1C(=O)N[C@H]1Cc2ccc(cc2)OCCNC(=O)C2(CC2)NC(=O)[C@@H](Cc2ccccc2)NC(=O)[C@H](C)NC1=O. The van der Waals surface area contributed by atoms with Crippen LogP contribution in [0.3, 0.4) is 0 Å². The first-order chi connectivity index (χ1) is 23.5. The topological polar surface area (TPSA) is 164 Å². The molecule has 49 heavy (non-hydrogen) atoms. The average Bonchev–Trinajstić information content (AvgIpc) is 3.88. The molecule has 2 bridgehead atoms. The van der Waals surface area contributed by atoms with Gasteiger partial charge < -0.3 is 36.1 Å². The zero-order valence-electron chi connectivity index (χ0n) is 26.9. The zero-order valence-corrected chi connectivity index (χ0v) is 26.9. The van der Waals surface area contributed by atoms with Gasteiger partial charge in [0, 0.05) is 12.8 Å². The maximum atomic E-state index is 14.8. The van der Waals surface area contributed by atoms with E-state index in [0.29, 0.717) is 24.2 Å². The van der Waals surface area contributed by atoms with Crippen molar-refractivity contribution >= 4 is 29.5 Å². The summed E-state index contributed by atoms with van der Waals surface area (Å²) in [4.78, 5) is 67.0.